The van der Waals surface area contributed by atoms with Gasteiger partial charge in [-0.25, -0.2) is 13.4 Å². The zero-order chi connectivity index (χ0) is 29.4. The molecule has 1 aromatic carbocycles. The highest BCUT2D eigenvalue weighted by atomic mass is 32.2. The number of hydrogen-bond acceptors (Lipinski definition) is 9. The molecule has 1 fully saturated rings. The van der Waals surface area contributed by atoms with Gasteiger partial charge in [-0.3, -0.25) is 14.4 Å². The van der Waals surface area contributed by atoms with E-state index >= 15 is 0 Å². The fourth-order valence-corrected chi connectivity index (χ4v) is 6.30. The highest BCUT2D eigenvalue weighted by Gasteiger charge is 2.27. The maximum atomic E-state index is 14.0. The molecule has 0 unspecified atom stereocenters. The van der Waals surface area contributed by atoms with E-state index in [0.717, 1.165) is 31.6 Å². The molecule has 0 atom stereocenters. The van der Waals surface area contributed by atoms with Crippen LogP contribution in [0.25, 0.3) is 22.4 Å². The minimum atomic E-state index is -3.91. The third-order valence-corrected chi connectivity index (χ3v) is 8.91. The first-order chi connectivity index (χ1) is 19.8. The van der Waals surface area contributed by atoms with Crippen LogP contribution < -0.4 is 10.3 Å². The molecular formula is C28H42N6O6S. The number of aromatic nitrogens is 4. The molecule has 1 saturated heterocycles. The van der Waals surface area contributed by atoms with E-state index in [0.29, 0.717) is 68.3 Å². The van der Waals surface area contributed by atoms with Crippen LogP contribution in [0.2, 0.25) is 0 Å². The molecule has 1 aliphatic rings. The van der Waals surface area contributed by atoms with E-state index in [-0.39, 0.29) is 29.4 Å². The number of hydrogen-bond donors (Lipinski definition) is 1. The van der Waals surface area contributed by atoms with Gasteiger partial charge in [0, 0.05) is 46.4 Å². The maximum absolute atomic E-state index is 14.0. The van der Waals surface area contributed by atoms with Crippen LogP contribution in [0.15, 0.2) is 27.9 Å². The predicted octanol–water partition coefficient (Wildman–Crippen LogP) is 2.42. The molecule has 13 heteroatoms. The Hall–Kier alpha value is -2.84. The van der Waals surface area contributed by atoms with E-state index < -0.39 is 10.0 Å². The van der Waals surface area contributed by atoms with Gasteiger partial charge in [0.05, 0.1) is 42.6 Å². The van der Waals surface area contributed by atoms with Gasteiger partial charge >= 0.3 is 0 Å². The average molecular weight is 591 g/mol. The van der Waals surface area contributed by atoms with Gasteiger partial charge < -0.3 is 19.2 Å². The first-order valence-electron chi connectivity index (χ1n) is 14.4. The Balaban J connectivity index is 1.75. The smallest absolute Gasteiger partial charge is 0.277 e. The fourth-order valence-electron chi connectivity index (χ4n) is 4.86. The van der Waals surface area contributed by atoms with E-state index in [9.17, 15) is 13.2 Å². The second-order valence-corrected chi connectivity index (χ2v) is 11.9. The van der Waals surface area contributed by atoms with Gasteiger partial charge in [0.25, 0.3) is 5.56 Å². The van der Waals surface area contributed by atoms with Crippen molar-refractivity contribution in [3.63, 3.8) is 0 Å². The van der Waals surface area contributed by atoms with Crippen LogP contribution in [0.5, 0.6) is 5.75 Å². The van der Waals surface area contributed by atoms with Gasteiger partial charge in [0.15, 0.2) is 5.52 Å². The normalized spacial score (nSPS) is 14.8. The summed E-state index contributed by atoms with van der Waals surface area (Å²) in [6.07, 6.45) is 2.27. The molecule has 0 radical (unpaired) electrons. The fraction of sp³-hybridized carbons (Fsp3) is 0.607. The molecule has 0 saturated carbocycles. The quantitative estimate of drug-likeness (QED) is 0.265. The van der Waals surface area contributed by atoms with Crippen molar-refractivity contribution in [2.24, 2.45) is 7.05 Å². The topological polar surface area (TPSA) is 132 Å². The van der Waals surface area contributed by atoms with Crippen molar-refractivity contribution in [3.05, 3.63) is 34.2 Å². The van der Waals surface area contributed by atoms with Crippen molar-refractivity contribution < 1.29 is 22.6 Å². The number of aryl methyl sites for hydroxylation is 2. The summed E-state index contributed by atoms with van der Waals surface area (Å²) in [6, 6.07) is 4.74. The molecule has 1 N–H and O–H groups in total. The van der Waals surface area contributed by atoms with Crippen LogP contribution in [0, 0.1) is 0 Å². The van der Waals surface area contributed by atoms with Gasteiger partial charge in [-0.15, -0.1) is 0 Å². The van der Waals surface area contributed by atoms with Crippen LogP contribution in [0.3, 0.4) is 0 Å². The second kappa shape index (κ2) is 14.4. The molecule has 1 aliphatic heterocycles. The van der Waals surface area contributed by atoms with Crippen LogP contribution in [0.1, 0.15) is 39.3 Å². The summed E-state index contributed by atoms with van der Waals surface area (Å²) in [6.45, 7) is 11.1. The molecule has 4 rings (SSSR count). The van der Waals surface area contributed by atoms with Gasteiger partial charge in [0.2, 0.25) is 10.0 Å². The second-order valence-electron chi connectivity index (χ2n) is 9.99. The van der Waals surface area contributed by atoms with E-state index in [2.05, 4.69) is 15.0 Å². The molecule has 226 valence electrons. The molecule has 12 nitrogen and oxygen atoms in total. The molecule has 3 heterocycles. The van der Waals surface area contributed by atoms with Crippen LogP contribution in [-0.2, 0) is 33.0 Å². The monoisotopic (exact) mass is 590 g/mol. The molecule has 41 heavy (non-hydrogen) atoms. The summed E-state index contributed by atoms with van der Waals surface area (Å²) < 4.78 is 47.9. The first kappa shape index (κ1) is 31.1. The Morgan fingerprint density at radius 3 is 2.59 bits per heavy atom. The largest absolute Gasteiger partial charge is 0.493 e. The van der Waals surface area contributed by atoms with Gasteiger partial charge in [-0.05, 0) is 38.0 Å². The zero-order valence-corrected chi connectivity index (χ0v) is 25.3. The van der Waals surface area contributed by atoms with Crippen molar-refractivity contribution in [2.45, 2.75) is 44.9 Å². The van der Waals surface area contributed by atoms with E-state index in [1.54, 1.807) is 25.2 Å². The zero-order valence-electron chi connectivity index (χ0n) is 24.5. The molecule has 0 amide bonds. The van der Waals surface area contributed by atoms with Crippen molar-refractivity contribution >= 4 is 21.1 Å². The Bertz CT molecular complexity index is 1460. The Morgan fingerprint density at radius 1 is 1.10 bits per heavy atom. The highest BCUT2D eigenvalue weighted by molar-refractivity contribution is 7.89. The lowest BCUT2D eigenvalue weighted by atomic mass is 10.1. The number of nitrogens with one attached hydrogen (secondary N) is 1. The lowest BCUT2D eigenvalue weighted by molar-refractivity contribution is 0.0354. The van der Waals surface area contributed by atoms with Gasteiger partial charge in [-0.1, -0.05) is 20.3 Å². The molecule has 0 aliphatic carbocycles. The lowest BCUT2D eigenvalue weighted by Crippen LogP contribution is -2.44. The average Bonchev–Trinajstić information content (AvgIpc) is 3.29. The van der Waals surface area contributed by atoms with Gasteiger partial charge in [0.1, 0.15) is 17.1 Å². The van der Waals surface area contributed by atoms with Crippen LogP contribution in [0.4, 0.5) is 0 Å². The van der Waals surface area contributed by atoms with Crippen molar-refractivity contribution in [1.82, 2.24) is 29.0 Å². The number of sulfonamides is 1. The van der Waals surface area contributed by atoms with E-state index in [1.807, 2.05) is 20.8 Å². The Morgan fingerprint density at radius 2 is 1.88 bits per heavy atom. The molecule has 0 bridgehead atoms. The number of ether oxygens (including phenoxy) is 3. The summed E-state index contributed by atoms with van der Waals surface area (Å²) in [5.41, 5.74) is 1.67. The third-order valence-electron chi connectivity index (χ3n) is 7.01. The van der Waals surface area contributed by atoms with Crippen LogP contribution >= 0.6 is 0 Å². The predicted molar refractivity (Wildman–Crippen MR) is 157 cm³/mol. The minimum absolute atomic E-state index is 0.0949. The number of morpholine rings is 1. The molecule has 0 spiro atoms. The highest BCUT2D eigenvalue weighted by Crippen LogP contribution is 2.32. The Labute approximate surface area is 241 Å². The standard InChI is InChI=1S/C28H42N6O6S/c1-5-8-23-25-26(32(4)31-23)28(35)30-27(29-25)22-20-21(9-10-24(22)40-16-6-2)41(36,37)34(15-19-38-7-3)12-11-33-13-17-39-18-14-33/h9-10,20H,5-8,11-19H2,1-4H3,(H,29,30,35). The number of benzene rings is 1. The molecule has 3 aromatic rings. The third kappa shape index (κ3) is 7.33. The molecule has 2 aromatic heterocycles. The number of fused-ring (bicyclic) bond motifs is 1. The van der Waals surface area contributed by atoms with E-state index in [4.69, 9.17) is 19.2 Å². The number of H-pyrrole nitrogens is 1. The lowest BCUT2D eigenvalue weighted by Gasteiger charge is -2.29. The Kier molecular flexibility index (Phi) is 10.9. The molecular weight excluding hydrogens is 548 g/mol. The van der Waals surface area contributed by atoms with Crippen molar-refractivity contribution in [1.29, 1.82) is 0 Å². The number of nitrogens with zero attached hydrogens (tertiary/aromatic N) is 5. The van der Waals surface area contributed by atoms with E-state index in [1.165, 1.54) is 8.99 Å². The number of aromatic amines is 1. The summed E-state index contributed by atoms with van der Waals surface area (Å²) >= 11 is 0. The van der Waals surface area contributed by atoms with Crippen molar-refractivity contribution in [3.8, 4) is 17.1 Å². The summed E-state index contributed by atoms with van der Waals surface area (Å²) in [7, 11) is -2.19. The minimum Gasteiger partial charge on any atom is -0.493 e. The van der Waals surface area contributed by atoms with Gasteiger partial charge in [-0.2, -0.15) is 9.40 Å². The van der Waals surface area contributed by atoms with Crippen LogP contribution in [-0.4, -0.2) is 103 Å². The maximum Gasteiger partial charge on any atom is 0.277 e. The van der Waals surface area contributed by atoms with Crippen molar-refractivity contribution in [2.75, 3.05) is 65.8 Å². The number of rotatable bonds is 15. The summed E-state index contributed by atoms with van der Waals surface area (Å²) in [5, 5.41) is 4.50. The first-order valence-corrected chi connectivity index (χ1v) is 15.8. The summed E-state index contributed by atoms with van der Waals surface area (Å²) in [4.78, 5) is 23.1. The summed E-state index contributed by atoms with van der Waals surface area (Å²) in [5.74, 6) is 0.689. The SMILES string of the molecule is CCCOc1ccc(S(=O)(=O)N(CCOCC)CCN2CCOCC2)cc1-c1nc2c(CCC)nn(C)c2c(=O)[nH]1.